The largest absolute Gasteiger partial charge is 0.463 e. The highest BCUT2D eigenvalue weighted by Crippen LogP contribution is 2.29. The Morgan fingerprint density at radius 2 is 1.71 bits per heavy atom. The molecule has 170 valence electrons. The van der Waals surface area contributed by atoms with E-state index in [1.165, 1.54) is 10.8 Å². The predicted octanol–water partition coefficient (Wildman–Crippen LogP) is 4.71. The Morgan fingerprint density at radius 3 is 2.44 bits per heavy atom. The van der Waals surface area contributed by atoms with Gasteiger partial charge in [-0.25, -0.2) is 4.98 Å². The minimum atomic E-state index is -0.957. The third kappa shape index (κ3) is 3.85. The smallest absolute Gasteiger partial charge is 0.281 e. The Morgan fingerprint density at radius 1 is 0.971 bits per heavy atom. The summed E-state index contributed by atoms with van der Waals surface area (Å²) in [5.41, 5.74) is 1.79. The van der Waals surface area contributed by atoms with Gasteiger partial charge in [-0.15, -0.1) is 0 Å². The van der Waals surface area contributed by atoms with Gasteiger partial charge in [-0.2, -0.15) is 0 Å². The van der Waals surface area contributed by atoms with Crippen molar-refractivity contribution in [2.24, 2.45) is 0 Å². The molecule has 34 heavy (non-hydrogen) atoms. The van der Waals surface area contributed by atoms with Gasteiger partial charge in [0.25, 0.3) is 5.56 Å². The molecular formula is C27H24N4O3. The van der Waals surface area contributed by atoms with E-state index in [1.54, 1.807) is 30.5 Å². The van der Waals surface area contributed by atoms with Crippen LogP contribution >= 0.6 is 0 Å². The summed E-state index contributed by atoms with van der Waals surface area (Å²) in [5, 5.41) is 3.86. The maximum Gasteiger partial charge on any atom is 0.281 e. The van der Waals surface area contributed by atoms with E-state index in [2.05, 4.69) is 15.3 Å². The van der Waals surface area contributed by atoms with Gasteiger partial charge in [0, 0.05) is 17.1 Å². The molecule has 0 spiro atoms. The fraction of sp³-hybridized carbons (Fsp3) is 0.185. The molecule has 0 saturated heterocycles. The molecule has 7 nitrogen and oxygen atoms in total. The molecule has 3 heterocycles. The SMILES string of the molecule is CC(C)(C)NC(=O)C(c1ccnc2ccccc12)n1c(=O)c(-c2ccco2)nc2ccccc21. The first-order valence-corrected chi connectivity index (χ1v) is 11.0. The van der Waals surface area contributed by atoms with Crippen LogP contribution in [0.3, 0.4) is 0 Å². The van der Waals surface area contributed by atoms with Gasteiger partial charge in [0.05, 0.1) is 22.8 Å². The Bertz CT molecular complexity index is 1560. The highest BCUT2D eigenvalue weighted by molar-refractivity contribution is 5.93. The van der Waals surface area contributed by atoms with Crippen molar-refractivity contribution in [1.29, 1.82) is 0 Å². The van der Waals surface area contributed by atoms with Crippen LogP contribution < -0.4 is 10.9 Å². The molecule has 2 aromatic carbocycles. The quantitative estimate of drug-likeness (QED) is 0.427. The number of para-hydroxylation sites is 3. The van der Waals surface area contributed by atoms with Gasteiger partial charge in [0.15, 0.2) is 11.5 Å². The van der Waals surface area contributed by atoms with E-state index < -0.39 is 17.1 Å². The Hall–Kier alpha value is -4.26. The van der Waals surface area contributed by atoms with E-state index in [-0.39, 0.29) is 11.6 Å². The van der Waals surface area contributed by atoms with Gasteiger partial charge in [0.1, 0.15) is 6.04 Å². The van der Waals surface area contributed by atoms with Crippen molar-refractivity contribution in [1.82, 2.24) is 19.9 Å². The monoisotopic (exact) mass is 452 g/mol. The van der Waals surface area contributed by atoms with E-state index in [1.807, 2.05) is 63.2 Å². The highest BCUT2D eigenvalue weighted by Gasteiger charge is 2.31. The number of rotatable bonds is 4. The van der Waals surface area contributed by atoms with Crippen molar-refractivity contribution in [3.63, 3.8) is 0 Å². The Kier molecular flexibility index (Phi) is 5.24. The summed E-state index contributed by atoms with van der Waals surface area (Å²) in [7, 11) is 0. The predicted molar refractivity (Wildman–Crippen MR) is 131 cm³/mol. The number of hydrogen-bond acceptors (Lipinski definition) is 5. The van der Waals surface area contributed by atoms with Crippen LogP contribution in [0.15, 0.2) is 88.4 Å². The Labute approximate surface area is 196 Å². The van der Waals surface area contributed by atoms with Gasteiger partial charge in [-0.05, 0) is 62.7 Å². The number of carbonyl (C=O) groups is 1. The first-order chi connectivity index (χ1) is 16.3. The number of amides is 1. The van der Waals surface area contributed by atoms with Crippen LogP contribution in [0.2, 0.25) is 0 Å². The number of nitrogens with one attached hydrogen (secondary N) is 1. The van der Waals surface area contributed by atoms with E-state index in [4.69, 9.17) is 4.42 Å². The third-order valence-corrected chi connectivity index (χ3v) is 5.53. The van der Waals surface area contributed by atoms with Crippen LogP contribution in [0.5, 0.6) is 0 Å². The summed E-state index contributed by atoms with van der Waals surface area (Å²) < 4.78 is 7.03. The van der Waals surface area contributed by atoms with Gasteiger partial charge in [-0.3, -0.25) is 19.1 Å². The number of carbonyl (C=O) groups excluding carboxylic acids is 1. The zero-order valence-corrected chi connectivity index (χ0v) is 19.1. The highest BCUT2D eigenvalue weighted by atomic mass is 16.3. The first kappa shape index (κ1) is 21.6. The minimum absolute atomic E-state index is 0.149. The van der Waals surface area contributed by atoms with Crippen LogP contribution in [0.4, 0.5) is 0 Å². The average molecular weight is 453 g/mol. The molecule has 0 aliphatic heterocycles. The zero-order valence-electron chi connectivity index (χ0n) is 19.1. The Balaban J connectivity index is 1.87. The maximum absolute atomic E-state index is 13.9. The van der Waals surface area contributed by atoms with Crippen molar-refractivity contribution in [3.05, 3.63) is 95.1 Å². The molecule has 7 heteroatoms. The normalized spacial score (nSPS) is 12.7. The fourth-order valence-electron chi connectivity index (χ4n) is 4.18. The summed E-state index contributed by atoms with van der Waals surface area (Å²) in [6.07, 6.45) is 3.16. The molecule has 1 amide bonds. The lowest BCUT2D eigenvalue weighted by Crippen LogP contribution is -2.46. The number of furan rings is 1. The molecule has 3 aromatic heterocycles. The first-order valence-electron chi connectivity index (χ1n) is 11.0. The van der Waals surface area contributed by atoms with Crippen molar-refractivity contribution in [3.8, 4) is 11.5 Å². The van der Waals surface area contributed by atoms with Crippen LogP contribution in [0, 0.1) is 0 Å². The van der Waals surface area contributed by atoms with Crippen molar-refractivity contribution in [2.75, 3.05) is 0 Å². The van der Waals surface area contributed by atoms with Crippen LogP contribution in [-0.4, -0.2) is 26.0 Å². The number of fused-ring (bicyclic) bond motifs is 2. The number of nitrogens with zero attached hydrogens (tertiary/aromatic N) is 3. The molecule has 0 radical (unpaired) electrons. The number of aromatic nitrogens is 3. The molecule has 0 aliphatic rings. The third-order valence-electron chi connectivity index (χ3n) is 5.53. The van der Waals surface area contributed by atoms with Gasteiger partial charge in [-0.1, -0.05) is 30.3 Å². The zero-order chi connectivity index (χ0) is 23.9. The number of benzene rings is 2. The fourth-order valence-corrected chi connectivity index (χ4v) is 4.18. The molecule has 0 bridgehead atoms. The average Bonchev–Trinajstić information content (AvgIpc) is 3.34. The summed E-state index contributed by atoms with van der Waals surface area (Å²) in [6.45, 7) is 5.73. The minimum Gasteiger partial charge on any atom is -0.463 e. The van der Waals surface area contributed by atoms with Crippen LogP contribution in [-0.2, 0) is 4.79 Å². The molecule has 1 atom stereocenters. The van der Waals surface area contributed by atoms with Crippen molar-refractivity contribution >= 4 is 27.8 Å². The molecule has 0 saturated carbocycles. The van der Waals surface area contributed by atoms with E-state index in [0.717, 1.165) is 10.9 Å². The van der Waals surface area contributed by atoms with Crippen molar-refractivity contribution in [2.45, 2.75) is 32.4 Å². The topological polar surface area (TPSA) is 90.0 Å². The second kappa shape index (κ2) is 8.26. The van der Waals surface area contributed by atoms with Crippen molar-refractivity contribution < 1.29 is 9.21 Å². The van der Waals surface area contributed by atoms with Crippen LogP contribution in [0.1, 0.15) is 32.4 Å². The van der Waals surface area contributed by atoms with Gasteiger partial charge < -0.3 is 9.73 Å². The second-order valence-corrected chi connectivity index (χ2v) is 9.16. The molecule has 1 unspecified atom stereocenters. The molecule has 5 aromatic rings. The number of pyridine rings is 1. The second-order valence-electron chi connectivity index (χ2n) is 9.16. The van der Waals surface area contributed by atoms with Crippen LogP contribution in [0.25, 0.3) is 33.4 Å². The molecular weight excluding hydrogens is 428 g/mol. The summed E-state index contributed by atoms with van der Waals surface area (Å²) in [6, 6.07) is 19.1. The summed E-state index contributed by atoms with van der Waals surface area (Å²) in [4.78, 5) is 36.8. The molecule has 0 fully saturated rings. The molecule has 0 aliphatic carbocycles. The van der Waals surface area contributed by atoms with Gasteiger partial charge in [0.2, 0.25) is 5.91 Å². The summed E-state index contributed by atoms with van der Waals surface area (Å²) >= 11 is 0. The van der Waals surface area contributed by atoms with Gasteiger partial charge >= 0.3 is 0 Å². The standard InChI is InChI=1S/C27H24N4O3/c1-27(2,3)30-25(32)24(18-14-15-28-19-10-5-4-9-17(18)19)31-21-12-7-6-11-20(21)29-23(26(31)33)22-13-8-16-34-22/h4-16,24H,1-3H3,(H,30,32). The lowest BCUT2D eigenvalue weighted by atomic mass is 9.98. The van der Waals surface area contributed by atoms with E-state index >= 15 is 0 Å². The lowest BCUT2D eigenvalue weighted by Gasteiger charge is -2.28. The lowest BCUT2D eigenvalue weighted by molar-refractivity contribution is -0.124. The molecule has 5 rings (SSSR count). The van der Waals surface area contributed by atoms with E-state index in [0.29, 0.717) is 22.4 Å². The maximum atomic E-state index is 13.9. The van der Waals surface area contributed by atoms with E-state index in [9.17, 15) is 9.59 Å². The molecule has 1 N–H and O–H groups in total. The number of hydrogen-bond donors (Lipinski definition) is 1. The summed E-state index contributed by atoms with van der Waals surface area (Å²) in [5.74, 6) is 0.0479.